The van der Waals surface area contributed by atoms with E-state index in [1.807, 2.05) is 0 Å². The minimum atomic E-state index is -1.51. The maximum Gasteiger partial charge on any atom is 0.333 e. The molecule has 128 valence electrons. The van der Waals surface area contributed by atoms with Crippen molar-refractivity contribution in [2.75, 3.05) is 13.1 Å². The minimum Gasteiger partial charge on any atom is -0.479 e. The van der Waals surface area contributed by atoms with Crippen molar-refractivity contribution in [2.24, 2.45) is 11.8 Å². The van der Waals surface area contributed by atoms with Gasteiger partial charge >= 0.3 is 5.97 Å². The molecular weight excluding hydrogens is 308 g/mol. The summed E-state index contributed by atoms with van der Waals surface area (Å²) in [5.41, 5.74) is -1.00. The molecule has 2 fully saturated rings. The van der Waals surface area contributed by atoms with Crippen LogP contribution in [-0.2, 0) is 19.9 Å². The van der Waals surface area contributed by atoms with Gasteiger partial charge in [0, 0.05) is 19.5 Å². The van der Waals surface area contributed by atoms with Crippen LogP contribution in [0.4, 0.5) is 0 Å². The monoisotopic (exact) mass is 330 g/mol. The molecule has 3 rings (SSSR count). The molecule has 1 aromatic carbocycles. The third kappa shape index (κ3) is 3.27. The molecule has 0 unspecified atom stereocenters. The number of carboxylic acids is 1. The lowest BCUT2D eigenvalue weighted by atomic mass is 9.91. The number of carbonyl (C=O) groups excluding carboxylic acids is 2. The zero-order chi connectivity index (χ0) is 17.3. The molecule has 1 saturated heterocycles. The largest absolute Gasteiger partial charge is 0.479 e. The molecule has 2 N–H and O–H groups in total. The number of nitrogens with zero attached hydrogens (tertiary/aromatic N) is 1. The number of hydrogen-bond acceptors (Lipinski definition) is 3. The summed E-state index contributed by atoms with van der Waals surface area (Å²) in [7, 11) is 0. The quantitative estimate of drug-likeness (QED) is 0.824. The van der Waals surface area contributed by atoms with Crippen molar-refractivity contribution in [3.63, 3.8) is 0 Å². The Kier molecular flexibility index (Phi) is 4.30. The maximum absolute atomic E-state index is 12.6. The number of carboxylic acid groups (broad SMARTS) is 1. The summed E-state index contributed by atoms with van der Waals surface area (Å²) in [5.74, 6) is -1.43. The van der Waals surface area contributed by atoms with E-state index in [0.29, 0.717) is 18.0 Å². The lowest BCUT2D eigenvalue weighted by molar-refractivity contribution is -0.148. The average molecular weight is 330 g/mol. The number of amides is 2. The van der Waals surface area contributed by atoms with Crippen LogP contribution >= 0.6 is 0 Å². The van der Waals surface area contributed by atoms with Crippen LogP contribution in [-0.4, -0.2) is 40.9 Å². The molecule has 6 nitrogen and oxygen atoms in total. The first-order valence-corrected chi connectivity index (χ1v) is 8.29. The summed E-state index contributed by atoms with van der Waals surface area (Å²) in [6.07, 6.45) is 2.44. The highest BCUT2D eigenvalue weighted by molar-refractivity contribution is 5.93. The Hall–Kier alpha value is -2.37. The molecule has 1 heterocycles. The molecular formula is C18H22N2O4. The molecule has 1 aliphatic carbocycles. The van der Waals surface area contributed by atoms with Crippen LogP contribution in [0.5, 0.6) is 0 Å². The third-order valence-corrected chi connectivity index (χ3v) is 4.91. The summed E-state index contributed by atoms with van der Waals surface area (Å²) in [6.45, 7) is 2.57. The van der Waals surface area contributed by atoms with Crippen LogP contribution in [0.2, 0.25) is 0 Å². The number of aliphatic carboxylic acids is 1. The molecule has 1 saturated carbocycles. The van der Waals surface area contributed by atoms with Crippen molar-refractivity contribution in [2.45, 2.75) is 31.7 Å². The molecule has 2 aliphatic rings. The van der Waals surface area contributed by atoms with Gasteiger partial charge < -0.3 is 15.3 Å². The number of rotatable bonds is 6. The van der Waals surface area contributed by atoms with Crippen LogP contribution in [0.3, 0.4) is 0 Å². The van der Waals surface area contributed by atoms with Gasteiger partial charge in [0.2, 0.25) is 11.8 Å². The first-order chi connectivity index (χ1) is 11.4. The first kappa shape index (κ1) is 16.5. The van der Waals surface area contributed by atoms with E-state index >= 15 is 0 Å². The van der Waals surface area contributed by atoms with E-state index in [-0.39, 0.29) is 18.2 Å². The van der Waals surface area contributed by atoms with E-state index in [2.05, 4.69) is 5.32 Å². The van der Waals surface area contributed by atoms with Crippen molar-refractivity contribution < 1.29 is 19.5 Å². The fourth-order valence-electron chi connectivity index (χ4n) is 3.11. The summed E-state index contributed by atoms with van der Waals surface area (Å²) in [5, 5.41) is 12.3. The molecule has 0 radical (unpaired) electrons. The highest BCUT2D eigenvalue weighted by Gasteiger charge is 2.42. The standard InChI is InChI=1S/C18H22N2O4/c1-18(17(23)24,14-5-3-2-4-6-14)19-16(22)13-9-15(21)20(11-13)10-12-7-8-12/h2-6,12-13H,7-11H2,1H3,(H,19,22)(H,23,24)/t13-,18+/m0/s1. The van der Waals surface area contributed by atoms with E-state index in [4.69, 9.17) is 0 Å². The number of benzene rings is 1. The molecule has 2 amide bonds. The first-order valence-electron chi connectivity index (χ1n) is 8.29. The van der Waals surface area contributed by atoms with Gasteiger partial charge in [0.05, 0.1) is 5.92 Å². The average Bonchev–Trinajstić information content (AvgIpc) is 3.30. The van der Waals surface area contributed by atoms with Crippen LogP contribution in [0.25, 0.3) is 0 Å². The molecule has 0 spiro atoms. The highest BCUT2D eigenvalue weighted by atomic mass is 16.4. The van der Waals surface area contributed by atoms with Crippen molar-refractivity contribution >= 4 is 17.8 Å². The molecule has 0 aromatic heterocycles. The summed E-state index contributed by atoms with van der Waals surface area (Å²) in [4.78, 5) is 38.1. The second kappa shape index (κ2) is 6.26. The van der Waals surface area contributed by atoms with E-state index < -0.39 is 17.4 Å². The van der Waals surface area contributed by atoms with E-state index in [1.54, 1.807) is 35.2 Å². The molecule has 2 atom stereocenters. The minimum absolute atomic E-state index is 0.0150. The van der Waals surface area contributed by atoms with Gasteiger partial charge in [0.25, 0.3) is 0 Å². The van der Waals surface area contributed by atoms with Crippen molar-refractivity contribution in [3.8, 4) is 0 Å². The Balaban J connectivity index is 1.70. The molecule has 24 heavy (non-hydrogen) atoms. The van der Waals surface area contributed by atoms with Crippen molar-refractivity contribution in [1.82, 2.24) is 10.2 Å². The van der Waals surface area contributed by atoms with Gasteiger partial charge in [0.1, 0.15) is 0 Å². The zero-order valence-electron chi connectivity index (χ0n) is 13.7. The smallest absolute Gasteiger partial charge is 0.333 e. The number of likely N-dealkylation sites (tertiary alicyclic amines) is 1. The van der Waals surface area contributed by atoms with Crippen LogP contribution in [0.1, 0.15) is 31.7 Å². The van der Waals surface area contributed by atoms with E-state index in [1.165, 1.54) is 6.92 Å². The summed E-state index contributed by atoms with van der Waals surface area (Å²) < 4.78 is 0. The normalized spacial score (nSPS) is 23.0. The molecule has 1 aliphatic heterocycles. The second-order valence-electron chi connectivity index (χ2n) is 6.93. The predicted molar refractivity (Wildman–Crippen MR) is 87.0 cm³/mol. The van der Waals surface area contributed by atoms with E-state index in [9.17, 15) is 19.5 Å². The third-order valence-electron chi connectivity index (χ3n) is 4.91. The van der Waals surface area contributed by atoms with Gasteiger partial charge in [-0.3, -0.25) is 9.59 Å². The Morgan fingerprint density at radius 1 is 1.29 bits per heavy atom. The van der Waals surface area contributed by atoms with Crippen LogP contribution in [0, 0.1) is 11.8 Å². The SMILES string of the molecule is C[C@](NC(=O)[C@H]1CC(=O)N(CC2CC2)C1)(C(=O)O)c1ccccc1. The fourth-order valence-corrected chi connectivity index (χ4v) is 3.11. The number of carbonyl (C=O) groups is 3. The number of hydrogen-bond donors (Lipinski definition) is 2. The summed E-state index contributed by atoms with van der Waals surface area (Å²) >= 11 is 0. The van der Waals surface area contributed by atoms with Gasteiger partial charge in [-0.25, -0.2) is 4.79 Å². The lowest BCUT2D eigenvalue weighted by Gasteiger charge is -2.28. The topological polar surface area (TPSA) is 86.7 Å². The Morgan fingerprint density at radius 2 is 1.96 bits per heavy atom. The lowest BCUT2D eigenvalue weighted by Crippen LogP contribution is -2.51. The zero-order valence-corrected chi connectivity index (χ0v) is 13.7. The van der Waals surface area contributed by atoms with Crippen LogP contribution in [0.15, 0.2) is 30.3 Å². The Bertz CT molecular complexity index is 656. The Morgan fingerprint density at radius 3 is 2.54 bits per heavy atom. The van der Waals surface area contributed by atoms with Crippen LogP contribution < -0.4 is 5.32 Å². The molecule has 1 aromatic rings. The molecule has 0 bridgehead atoms. The highest BCUT2D eigenvalue weighted by Crippen LogP contribution is 2.32. The van der Waals surface area contributed by atoms with Gasteiger partial charge in [-0.05, 0) is 31.2 Å². The van der Waals surface area contributed by atoms with E-state index in [0.717, 1.165) is 19.4 Å². The fraction of sp³-hybridized carbons (Fsp3) is 0.500. The molecule has 6 heteroatoms. The maximum atomic E-state index is 12.6. The van der Waals surface area contributed by atoms with Crippen molar-refractivity contribution in [1.29, 1.82) is 0 Å². The second-order valence-corrected chi connectivity index (χ2v) is 6.93. The van der Waals surface area contributed by atoms with Crippen molar-refractivity contribution in [3.05, 3.63) is 35.9 Å². The van der Waals surface area contributed by atoms with Gasteiger partial charge in [0.15, 0.2) is 5.54 Å². The Labute approximate surface area is 140 Å². The number of nitrogens with one attached hydrogen (secondary N) is 1. The van der Waals surface area contributed by atoms with Gasteiger partial charge in [-0.2, -0.15) is 0 Å². The summed E-state index contributed by atoms with van der Waals surface area (Å²) in [6, 6.07) is 8.61. The van der Waals surface area contributed by atoms with Gasteiger partial charge in [-0.1, -0.05) is 30.3 Å². The van der Waals surface area contributed by atoms with Gasteiger partial charge in [-0.15, -0.1) is 0 Å². The predicted octanol–water partition coefficient (Wildman–Crippen LogP) is 1.36.